The first-order valence-corrected chi connectivity index (χ1v) is 5.04. The second-order valence-electron chi connectivity index (χ2n) is 4.16. The van der Waals surface area contributed by atoms with E-state index in [1.165, 1.54) is 0 Å². The van der Waals surface area contributed by atoms with Crippen LogP contribution >= 0.6 is 0 Å². The SMILES string of the molecule is Cc1ccc(NC(=O)[C@@](C)(O)CF)cc1C. The van der Waals surface area contributed by atoms with Gasteiger partial charge in [0.05, 0.1) is 0 Å². The van der Waals surface area contributed by atoms with E-state index in [-0.39, 0.29) is 0 Å². The number of halogens is 1. The molecule has 0 saturated carbocycles. The van der Waals surface area contributed by atoms with E-state index in [1.807, 2.05) is 19.9 Å². The molecule has 2 N–H and O–H groups in total. The standard InChI is InChI=1S/C12H16FNO2/c1-8-4-5-10(6-9(8)2)14-11(15)12(3,16)7-13/h4-6,16H,7H2,1-3H3,(H,14,15)/t12-/m0/s1. The van der Waals surface area contributed by atoms with Crippen LogP contribution in [-0.4, -0.2) is 23.3 Å². The molecule has 4 heteroatoms. The first-order valence-electron chi connectivity index (χ1n) is 5.04. The van der Waals surface area contributed by atoms with Crippen molar-refractivity contribution in [3.05, 3.63) is 29.3 Å². The molecule has 88 valence electrons. The van der Waals surface area contributed by atoms with Gasteiger partial charge in [0, 0.05) is 5.69 Å². The van der Waals surface area contributed by atoms with Crippen molar-refractivity contribution >= 4 is 11.6 Å². The first kappa shape index (κ1) is 12.6. The van der Waals surface area contributed by atoms with Gasteiger partial charge in [0.25, 0.3) is 5.91 Å². The minimum atomic E-state index is -1.97. The van der Waals surface area contributed by atoms with Crippen molar-refractivity contribution in [2.75, 3.05) is 12.0 Å². The fraction of sp³-hybridized carbons (Fsp3) is 0.417. The molecule has 0 aliphatic carbocycles. The molecule has 16 heavy (non-hydrogen) atoms. The molecule has 0 aromatic heterocycles. The molecule has 0 heterocycles. The Balaban J connectivity index is 2.82. The van der Waals surface area contributed by atoms with Crippen LogP contribution < -0.4 is 5.32 Å². The zero-order valence-electron chi connectivity index (χ0n) is 9.67. The Morgan fingerprint density at radius 2 is 2.06 bits per heavy atom. The molecule has 1 atom stereocenters. The van der Waals surface area contributed by atoms with Crippen molar-refractivity contribution in [2.45, 2.75) is 26.4 Å². The summed E-state index contributed by atoms with van der Waals surface area (Å²) in [5.41, 5.74) is 0.716. The van der Waals surface area contributed by atoms with Crippen molar-refractivity contribution in [3.63, 3.8) is 0 Å². The summed E-state index contributed by atoms with van der Waals surface area (Å²) in [7, 11) is 0. The maximum atomic E-state index is 12.4. The van der Waals surface area contributed by atoms with Gasteiger partial charge in [-0.3, -0.25) is 4.79 Å². The summed E-state index contributed by atoms with van der Waals surface area (Å²) in [6.07, 6.45) is 0. The molecule has 1 aromatic carbocycles. The molecule has 0 saturated heterocycles. The van der Waals surface area contributed by atoms with Gasteiger partial charge >= 0.3 is 0 Å². The number of carbonyl (C=O) groups excluding carboxylic acids is 1. The van der Waals surface area contributed by atoms with Crippen LogP contribution in [0.15, 0.2) is 18.2 Å². The van der Waals surface area contributed by atoms with E-state index < -0.39 is 18.2 Å². The van der Waals surface area contributed by atoms with Crippen molar-refractivity contribution in [2.24, 2.45) is 0 Å². The van der Waals surface area contributed by atoms with Gasteiger partial charge < -0.3 is 10.4 Å². The van der Waals surface area contributed by atoms with E-state index in [0.717, 1.165) is 18.1 Å². The molecule has 0 unspecified atom stereocenters. The second kappa shape index (κ2) is 4.61. The molecule has 3 nitrogen and oxygen atoms in total. The average molecular weight is 225 g/mol. The monoisotopic (exact) mass is 225 g/mol. The van der Waals surface area contributed by atoms with Gasteiger partial charge in [-0.05, 0) is 44.0 Å². The lowest BCUT2D eigenvalue weighted by Crippen LogP contribution is -2.41. The molecule has 1 rings (SSSR count). The third-order valence-corrected chi connectivity index (χ3v) is 2.51. The van der Waals surface area contributed by atoms with E-state index in [2.05, 4.69) is 5.32 Å². The molecule has 0 radical (unpaired) electrons. The summed E-state index contributed by atoms with van der Waals surface area (Å²) >= 11 is 0. The van der Waals surface area contributed by atoms with Crippen molar-refractivity contribution in [1.82, 2.24) is 0 Å². The lowest BCUT2D eigenvalue weighted by atomic mass is 10.1. The summed E-state index contributed by atoms with van der Waals surface area (Å²) in [4.78, 5) is 11.5. The normalized spacial score (nSPS) is 14.3. The van der Waals surface area contributed by atoms with Crippen LogP contribution in [0.1, 0.15) is 18.1 Å². The zero-order chi connectivity index (χ0) is 12.3. The number of aliphatic hydroxyl groups is 1. The van der Waals surface area contributed by atoms with Gasteiger partial charge in [-0.1, -0.05) is 6.07 Å². The summed E-state index contributed by atoms with van der Waals surface area (Å²) in [5.74, 6) is -0.738. The minimum absolute atomic E-state index is 0.557. The number of amides is 1. The van der Waals surface area contributed by atoms with E-state index >= 15 is 0 Å². The number of benzene rings is 1. The number of hydrogen-bond donors (Lipinski definition) is 2. The zero-order valence-corrected chi connectivity index (χ0v) is 9.67. The molecule has 0 spiro atoms. The van der Waals surface area contributed by atoms with Crippen LogP contribution in [0.5, 0.6) is 0 Å². The maximum absolute atomic E-state index is 12.4. The fourth-order valence-electron chi connectivity index (χ4n) is 1.15. The summed E-state index contributed by atoms with van der Waals surface area (Å²) in [6, 6.07) is 5.35. The molecule has 0 bridgehead atoms. The predicted molar refractivity (Wildman–Crippen MR) is 61.1 cm³/mol. The average Bonchev–Trinajstić information content (AvgIpc) is 2.23. The topological polar surface area (TPSA) is 49.3 Å². The summed E-state index contributed by atoms with van der Waals surface area (Å²) in [5, 5.41) is 11.9. The van der Waals surface area contributed by atoms with Gasteiger partial charge in [0.2, 0.25) is 0 Å². The quantitative estimate of drug-likeness (QED) is 0.826. The summed E-state index contributed by atoms with van der Waals surface area (Å²) < 4.78 is 12.4. The van der Waals surface area contributed by atoms with Crippen molar-refractivity contribution < 1.29 is 14.3 Å². The van der Waals surface area contributed by atoms with Crippen LogP contribution in [0.2, 0.25) is 0 Å². The highest BCUT2D eigenvalue weighted by atomic mass is 19.1. The lowest BCUT2D eigenvalue weighted by molar-refractivity contribution is -0.133. The first-order chi connectivity index (χ1) is 7.36. The number of nitrogens with one attached hydrogen (secondary N) is 1. The van der Waals surface area contributed by atoms with Crippen molar-refractivity contribution in [1.29, 1.82) is 0 Å². The van der Waals surface area contributed by atoms with Crippen LogP contribution in [0.3, 0.4) is 0 Å². The highest BCUT2D eigenvalue weighted by molar-refractivity contribution is 5.97. The molecule has 1 amide bonds. The van der Waals surface area contributed by atoms with Crippen molar-refractivity contribution in [3.8, 4) is 0 Å². The molecule has 0 aliphatic heterocycles. The fourth-order valence-corrected chi connectivity index (χ4v) is 1.15. The highest BCUT2D eigenvalue weighted by Gasteiger charge is 2.30. The van der Waals surface area contributed by atoms with Crippen LogP contribution in [0.25, 0.3) is 0 Å². The number of alkyl halides is 1. The Labute approximate surface area is 94.3 Å². The van der Waals surface area contributed by atoms with E-state index in [1.54, 1.807) is 12.1 Å². The van der Waals surface area contributed by atoms with Gasteiger partial charge in [0.1, 0.15) is 6.67 Å². The second-order valence-corrected chi connectivity index (χ2v) is 4.16. The third kappa shape index (κ3) is 2.79. The van der Waals surface area contributed by atoms with Crippen LogP contribution in [0.4, 0.5) is 10.1 Å². The smallest absolute Gasteiger partial charge is 0.258 e. The molecule has 1 aromatic rings. The maximum Gasteiger partial charge on any atom is 0.258 e. The largest absolute Gasteiger partial charge is 0.378 e. The predicted octanol–water partition coefficient (Wildman–Crippen LogP) is 1.96. The van der Waals surface area contributed by atoms with Crippen LogP contribution in [-0.2, 0) is 4.79 Å². The minimum Gasteiger partial charge on any atom is -0.378 e. The van der Waals surface area contributed by atoms with Gasteiger partial charge in [0.15, 0.2) is 5.60 Å². The van der Waals surface area contributed by atoms with Gasteiger partial charge in [-0.25, -0.2) is 4.39 Å². The number of carbonyl (C=O) groups is 1. The van der Waals surface area contributed by atoms with Gasteiger partial charge in [-0.2, -0.15) is 0 Å². The number of aryl methyl sites for hydroxylation is 2. The Kier molecular flexibility index (Phi) is 3.65. The third-order valence-electron chi connectivity index (χ3n) is 2.51. The summed E-state index contributed by atoms with van der Waals surface area (Å²) in [6.45, 7) is 3.91. The number of rotatable bonds is 3. The molecule has 0 aliphatic rings. The van der Waals surface area contributed by atoms with Crippen LogP contribution in [0, 0.1) is 13.8 Å². The molecule has 0 fully saturated rings. The Morgan fingerprint density at radius 1 is 1.44 bits per heavy atom. The highest BCUT2D eigenvalue weighted by Crippen LogP contribution is 2.16. The van der Waals surface area contributed by atoms with E-state index in [0.29, 0.717) is 5.69 Å². The Morgan fingerprint density at radius 3 is 2.56 bits per heavy atom. The lowest BCUT2D eigenvalue weighted by Gasteiger charge is -2.18. The molecular weight excluding hydrogens is 209 g/mol. The van der Waals surface area contributed by atoms with E-state index in [9.17, 15) is 14.3 Å². The Bertz CT molecular complexity index is 402. The number of hydrogen-bond acceptors (Lipinski definition) is 2. The number of anilines is 1. The van der Waals surface area contributed by atoms with Gasteiger partial charge in [-0.15, -0.1) is 0 Å². The molecular formula is C12H16FNO2. The Hall–Kier alpha value is -1.42. The van der Waals surface area contributed by atoms with E-state index in [4.69, 9.17) is 0 Å².